The Balaban J connectivity index is 2.71. The molecular formula is C6H9N3O3. The fourth-order valence-electron chi connectivity index (χ4n) is 0.705. The van der Waals surface area contributed by atoms with Crippen molar-refractivity contribution in [3.8, 4) is 0 Å². The third kappa shape index (κ3) is 1.94. The molecule has 0 aromatic carbocycles. The third-order valence-electron chi connectivity index (χ3n) is 1.38. The van der Waals surface area contributed by atoms with Crippen molar-refractivity contribution >= 4 is 0 Å². The molecule has 66 valence electrons. The molecule has 1 heterocycles. The minimum absolute atomic E-state index is 0.187. The lowest BCUT2D eigenvalue weighted by Gasteiger charge is -2.13. The molecule has 0 aliphatic rings. The van der Waals surface area contributed by atoms with Crippen LogP contribution in [0.2, 0.25) is 0 Å². The Kier molecular flexibility index (Phi) is 3.03. The van der Waals surface area contributed by atoms with Crippen LogP contribution < -0.4 is 0 Å². The van der Waals surface area contributed by atoms with Gasteiger partial charge in [-0.2, -0.15) is 0 Å². The van der Waals surface area contributed by atoms with Crippen molar-refractivity contribution in [2.75, 3.05) is 6.61 Å². The minimum atomic E-state index is -1.23. The predicted octanol–water partition coefficient (Wildman–Crippen LogP) is -1.74. The molecule has 12 heavy (non-hydrogen) atoms. The lowest BCUT2D eigenvalue weighted by atomic mass is 10.1. The molecule has 1 aromatic rings. The zero-order valence-electron chi connectivity index (χ0n) is 6.20. The van der Waals surface area contributed by atoms with Gasteiger partial charge in [-0.3, -0.25) is 0 Å². The Morgan fingerprint density at radius 1 is 1.42 bits per heavy atom. The van der Waals surface area contributed by atoms with Crippen LogP contribution >= 0.6 is 0 Å². The maximum atomic E-state index is 9.25. The van der Waals surface area contributed by atoms with E-state index in [1.807, 2.05) is 0 Å². The standard InChI is InChI=1S/C6H9N3O3/c10-3-5(11)6(12)4-1-2-7-9-8-4/h1-2,5-6,10-12H,3H2. The SMILES string of the molecule is OCC(O)C(O)c1ccnnn1. The first kappa shape index (κ1) is 8.98. The molecule has 0 saturated carbocycles. The molecule has 2 atom stereocenters. The molecule has 6 nitrogen and oxygen atoms in total. The lowest BCUT2D eigenvalue weighted by Crippen LogP contribution is -2.23. The predicted molar refractivity (Wildman–Crippen MR) is 37.9 cm³/mol. The van der Waals surface area contributed by atoms with Crippen LogP contribution in [0.4, 0.5) is 0 Å². The summed E-state index contributed by atoms with van der Waals surface area (Å²) in [4.78, 5) is 0. The molecular weight excluding hydrogens is 162 g/mol. The van der Waals surface area contributed by atoms with Gasteiger partial charge < -0.3 is 15.3 Å². The normalized spacial score (nSPS) is 15.6. The summed E-state index contributed by atoms with van der Waals surface area (Å²) in [5.74, 6) is 0. The first-order chi connectivity index (χ1) is 5.75. The van der Waals surface area contributed by atoms with E-state index in [2.05, 4.69) is 15.4 Å². The van der Waals surface area contributed by atoms with E-state index in [1.165, 1.54) is 12.3 Å². The molecule has 0 fully saturated rings. The molecule has 3 N–H and O–H groups in total. The highest BCUT2D eigenvalue weighted by Gasteiger charge is 2.18. The Hall–Kier alpha value is -1.11. The number of aliphatic hydroxyl groups is 3. The van der Waals surface area contributed by atoms with E-state index >= 15 is 0 Å². The van der Waals surface area contributed by atoms with Crippen molar-refractivity contribution < 1.29 is 15.3 Å². The number of rotatable bonds is 3. The van der Waals surface area contributed by atoms with Crippen LogP contribution in [0, 0.1) is 0 Å². The second-order valence-corrected chi connectivity index (χ2v) is 2.24. The third-order valence-corrected chi connectivity index (χ3v) is 1.38. The van der Waals surface area contributed by atoms with Crippen molar-refractivity contribution in [1.29, 1.82) is 0 Å². The van der Waals surface area contributed by atoms with Crippen LogP contribution in [0.1, 0.15) is 11.8 Å². The molecule has 0 aliphatic carbocycles. The molecule has 0 spiro atoms. The van der Waals surface area contributed by atoms with E-state index in [0.29, 0.717) is 0 Å². The summed E-state index contributed by atoms with van der Waals surface area (Å²) in [5.41, 5.74) is 0.187. The van der Waals surface area contributed by atoms with Crippen molar-refractivity contribution in [3.05, 3.63) is 18.0 Å². The van der Waals surface area contributed by atoms with Crippen LogP contribution in [0.25, 0.3) is 0 Å². The van der Waals surface area contributed by atoms with Crippen LogP contribution in [0.15, 0.2) is 12.3 Å². The zero-order chi connectivity index (χ0) is 8.97. The van der Waals surface area contributed by atoms with E-state index in [1.54, 1.807) is 0 Å². The van der Waals surface area contributed by atoms with Crippen molar-refractivity contribution in [2.45, 2.75) is 12.2 Å². The number of aliphatic hydroxyl groups excluding tert-OH is 3. The van der Waals surface area contributed by atoms with E-state index in [0.717, 1.165) is 0 Å². The van der Waals surface area contributed by atoms with E-state index in [4.69, 9.17) is 10.2 Å². The monoisotopic (exact) mass is 171 g/mol. The van der Waals surface area contributed by atoms with Crippen LogP contribution in [0.5, 0.6) is 0 Å². The summed E-state index contributed by atoms with van der Waals surface area (Å²) in [7, 11) is 0. The van der Waals surface area contributed by atoms with Gasteiger partial charge in [0.05, 0.1) is 18.5 Å². The van der Waals surface area contributed by atoms with E-state index in [-0.39, 0.29) is 5.69 Å². The van der Waals surface area contributed by atoms with Crippen LogP contribution in [0.3, 0.4) is 0 Å². The first-order valence-corrected chi connectivity index (χ1v) is 3.37. The van der Waals surface area contributed by atoms with E-state index < -0.39 is 18.8 Å². The molecule has 6 heteroatoms. The Morgan fingerprint density at radius 3 is 2.67 bits per heavy atom. The zero-order valence-corrected chi connectivity index (χ0v) is 6.20. The fourth-order valence-corrected chi connectivity index (χ4v) is 0.705. The van der Waals surface area contributed by atoms with Gasteiger partial charge in [-0.1, -0.05) is 0 Å². The lowest BCUT2D eigenvalue weighted by molar-refractivity contribution is -0.0178. The summed E-state index contributed by atoms with van der Waals surface area (Å²) >= 11 is 0. The Morgan fingerprint density at radius 2 is 2.17 bits per heavy atom. The second-order valence-electron chi connectivity index (χ2n) is 2.24. The van der Waals surface area contributed by atoms with Crippen molar-refractivity contribution in [1.82, 2.24) is 15.4 Å². The Labute approximate surface area is 68.5 Å². The molecule has 1 aromatic heterocycles. The topological polar surface area (TPSA) is 99.4 Å². The molecule has 1 rings (SSSR count). The molecule has 2 unspecified atom stereocenters. The summed E-state index contributed by atoms with van der Waals surface area (Å²) < 4.78 is 0. The molecule has 0 aliphatic heterocycles. The van der Waals surface area contributed by atoms with Gasteiger partial charge in [-0.05, 0) is 11.3 Å². The fraction of sp³-hybridized carbons (Fsp3) is 0.500. The molecule has 0 radical (unpaired) electrons. The van der Waals surface area contributed by atoms with Crippen LogP contribution in [-0.4, -0.2) is 43.4 Å². The smallest absolute Gasteiger partial charge is 0.126 e. The van der Waals surface area contributed by atoms with Gasteiger partial charge in [-0.25, -0.2) is 0 Å². The molecule has 0 amide bonds. The average Bonchev–Trinajstić information content (AvgIpc) is 2.17. The van der Waals surface area contributed by atoms with Crippen molar-refractivity contribution in [3.63, 3.8) is 0 Å². The highest BCUT2D eigenvalue weighted by Crippen LogP contribution is 2.11. The van der Waals surface area contributed by atoms with Crippen LogP contribution in [-0.2, 0) is 0 Å². The molecule has 0 bridgehead atoms. The minimum Gasteiger partial charge on any atom is -0.394 e. The van der Waals surface area contributed by atoms with Crippen molar-refractivity contribution in [2.24, 2.45) is 0 Å². The average molecular weight is 171 g/mol. The molecule has 0 saturated heterocycles. The van der Waals surface area contributed by atoms with E-state index in [9.17, 15) is 5.11 Å². The number of hydrogen-bond acceptors (Lipinski definition) is 6. The van der Waals surface area contributed by atoms with Gasteiger partial charge in [0.15, 0.2) is 0 Å². The number of hydrogen-bond donors (Lipinski definition) is 3. The highest BCUT2D eigenvalue weighted by molar-refractivity contribution is 5.01. The number of nitrogens with zero attached hydrogens (tertiary/aromatic N) is 3. The van der Waals surface area contributed by atoms with Gasteiger partial charge >= 0.3 is 0 Å². The second kappa shape index (κ2) is 4.05. The first-order valence-electron chi connectivity index (χ1n) is 3.37. The summed E-state index contributed by atoms with van der Waals surface area (Å²) in [5, 5.41) is 36.9. The maximum absolute atomic E-state index is 9.25. The maximum Gasteiger partial charge on any atom is 0.126 e. The quantitative estimate of drug-likeness (QED) is 0.499. The summed E-state index contributed by atoms with van der Waals surface area (Å²) in [6.45, 7) is -0.523. The summed E-state index contributed by atoms with van der Waals surface area (Å²) in [6.07, 6.45) is -1.11. The van der Waals surface area contributed by atoms with Gasteiger partial charge in [-0.15, -0.1) is 10.2 Å². The van der Waals surface area contributed by atoms with Gasteiger partial charge in [0.1, 0.15) is 12.2 Å². The largest absolute Gasteiger partial charge is 0.394 e. The van der Waals surface area contributed by atoms with Gasteiger partial charge in [0.2, 0.25) is 0 Å². The van der Waals surface area contributed by atoms with Gasteiger partial charge in [0.25, 0.3) is 0 Å². The number of aromatic nitrogens is 3. The highest BCUT2D eigenvalue weighted by atomic mass is 16.4. The summed E-state index contributed by atoms with van der Waals surface area (Å²) in [6, 6.07) is 1.41. The van der Waals surface area contributed by atoms with Gasteiger partial charge in [0, 0.05) is 0 Å². The Bertz CT molecular complexity index is 231.